The number of fused-ring (bicyclic) bond motifs is 1. The molecule has 3 rings (SSSR count). The topological polar surface area (TPSA) is 46.4 Å². The number of thioether (sulfide) groups is 1. The molecule has 4 nitrogen and oxygen atoms in total. The van der Waals surface area contributed by atoms with E-state index < -0.39 is 0 Å². The average molecular weight is 267 g/mol. The lowest BCUT2D eigenvalue weighted by Gasteiger charge is -2.26. The SMILES string of the molecule is O=c1cc(CSCC2CNC2)nc2sccn12. The summed E-state index contributed by atoms with van der Waals surface area (Å²) in [6, 6.07) is 1.64. The first kappa shape index (κ1) is 11.3. The van der Waals surface area contributed by atoms with Gasteiger partial charge in [0.05, 0.1) is 5.69 Å². The maximum absolute atomic E-state index is 11.7. The molecule has 1 aliphatic heterocycles. The van der Waals surface area contributed by atoms with Crippen molar-refractivity contribution in [3.8, 4) is 0 Å². The normalized spacial score (nSPS) is 16.2. The largest absolute Gasteiger partial charge is 0.316 e. The highest BCUT2D eigenvalue weighted by atomic mass is 32.2. The monoisotopic (exact) mass is 267 g/mol. The van der Waals surface area contributed by atoms with Gasteiger partial charge in [-0.05, 0) is 24.8 Å². The number of rotatable bonds is 4. The first-order valence-electron chi connectivity index (χ1n) is 5.57. The Bertz CT molecular complexity index is 573. The van der Waals surface area contributed by atoms with E-state index in [4.69, 9.17) is 0 Å². The highest BCUT2D eigenvalue weighted by Crippen LogP contribution is 2.17. The van der Waals surface area contributed by atoms with Gasteiger partial charge < -0.3 is 5.32 Å². The molecule has 0 amide bonds. The highest BCUT2D eigenvalue weighted by Gasteiger charge is 2.16. The summed E-state index contributed by atoms with van der Waals surface area (Å²) in [6.45, 7) is 2.26. The van der Waals surface area contributed by atoms with E-state index in [1.54, 1.807) is 16.7 Å². The predicted octanol–water partition coefficient (Wildman–Crippen LogP) is 1.21. The lowest BCUT2D eigenvalue weighted by molar-refractivity contribution is 0.385. The van der Waals surface area contributed by atoms with Gasteiger partial charge in [0, 0.05) is 23.4 Å². The second-order valence-corrected chi connectivity index (χ2v) is 6.08. The highest BCUT2D eigenvalue weighted by molar-refractivity contribution is 7.98. The summed E-state index contributed by atoms with van der Waals surface area (Å²) >= 11 is 3.37. The molecule has 1 fully saturated rings. The fraction of sp³-hybridized carbons (Fsp3) is 0.455. The van der Waals surface area contributed by atoms with E-state index in [1.807, 2.05) is 17.1 Å². The smallest absolute Gasteiger partial charge is 0.258 e. The molecule has 1 saturated heterocycles. The summed E-state index contributed by atoms with van der Waals surface area (Å²) in [5, 5.41) is 5.15. The van der Waals surface area contributed by atoms with Gasteiger partial charge in [-0.15, -0.1) is 11.3 Å². The van der Waals surface area contributed by atoms with Gasteiger partial charge in [-0.2, -0.15) is 11.8 Å². The molecule has 0 saturated carbocycles. The summed E-state index contributed by atoms with van der Waals surface area (Å²) in [5.74, 6) is 2.78. The van der Waals surface area contributed by atoms with E-state index in [0.29, 0.717) is 0 Å². The molecule has 2 aromatic rings. The van der Waals surface area contributed by atoms with Gasteiger partial charge in [-0.3, -0.25) is 9.20 Å². The van der Waals surface area contributed by atoms with Crippen molar-refractivity contribution in [1.29, 1.82) is 0 Å². The predicted molar refractivity (Wildman–Crippen MR) is 71.9 cm³/mol. The minimum atomic E-state index is 0.0251. The van der Waals surface area contributed by atoms with Crippen molar-refractivity contribution in [3.63, 3.8) is 0 Å². The maximum atomic E-state index is 11.7. The molecule has 0 spiro atoms. The number of hydrogen-bond donors (Lipinski definition) is 1. The molecule has 0 bridgehead atoms. The fourth-order valence-electron chi connectivity index (χ4n) is 1.76. The van der Waals surface area contributed by atoms with Crippen LogP contribution < -0.4 is 10.9 Å². The van der Waals surface area contributed by atoms with E-state index in [9.17, 15) is 4.79 Å². The fourth-order valence-corrected chi connectivity index (χ4v) is 3.54. The Morgan fingerprint density at radius 2 is 2.47 bits per heavy atom. The van der Waals surface area contributed by atoms with Crippen molar-refractivity contribution in [3.05, 3.63) is 33.7 Å². The van der Waals surface area contributed by atoms with Crippen LogP contribution in [0.4, 0.5) is 0 Å². The Morgan fingerprint density at radius 3 is 3.24 bits per heavy atom. The van der Waals surface area contributed by atoms with Crippen molar-refractivity contribution in [2.45, 2.75) is 5.75 Å². The lowest BCUT2D eigenvalue weighted by atomic mass is 10.1. The van der Waals surface area contributed by atoms with Crippen LogP contribution in [0.15, 0.2) is 22.4 Å². The van der Waals surface area contributed by atoms with Gasteiger partial charge in [-0.25, -0.2) is 4.98 Å². The molecule has 0 aliphatic carbocycles. The lowest BCUT2D eigenvalue weighted by Crippen LogP contribution is -2.43. The third-order valence-electron chi connectivity index (χ3n) is 2.83. The molecule has 3 heterocycles. The van der Waals surface area contributed by atoms with E-state index in [0.717, 1.165) is 41.2 Å². The Labute approximate surface area is 107 Å². The first-order chi connectivity index (χ1) is 8.33. The van der Waals surface area contributed by atoms with Crippen LogP contribution in [-0.4, -0.2) is 28.2 Å². The minimum Gasteiger partial charge on any atom is -0.316 e. The molecule has 90 valence electrons. The van der Waals surface area contributed by atoms with Crippen molar-refractivity contribution in [1.82, 2.24) is 14.7 Å². The molecule has 6 heteroatoms. The van der Waals surface area contributed by atoms with Crippen LogP contribution in [0, 0.1) is 5.92 Å². The second kappa shape index (κ2) is 4.80. The number of thiazole rings is 1. The zero-order valence-electron chi connectivity index (χ0n) is 9.26. The Balaban J connectivity index is 1.69. The van der Waals surface area contributed by atoms with Crippen molar-refractivity contribution >= 4 is 28.1 Å². The van der Waals surface area contributed by atoms with Crippen LogP contribution >= 0.6 is 23.1 Å². The van der Waals surface area contributed by atoms with Crippen LogP contribution in [0.3, 0.4) is 0 Å². The summed E-state index contributed by atoms with van der Waals surface area (Å²) in [5.41, 5.74) is 0.923. The number of aromatic nitrogens is 2. The quantitative estimate of drug-likeness (QED) is 0.904. The molecule has 0 unspecified atom stereocenters. The van der Waals surface area contributed by atoms with Crippen LogP contribution in [0.5, 0.6) is 0 Å². The summed E-state index contributed by atoms with van der Waals surface area (Å²) < 4.78 is 1.59. The molecule has 0 radical (unpaired) electrons. The van der Waals surface area contributed by atoms with E-state index in [2.05, 4.69) is 10.3 Å². The number of hydrogen-bond acceptors (Lipinski definition) is 5. The van der Waals surface area contributed by atoms with Gasteiger partial charge in [-0.1, -0.05) is 0 Å². The summed E-state index contributed by atoms with van der Waals surface area (Å²) in [7, 11) is 0. The van der Waals surface area contributed by atoms with Gasteiger partial charge in [0.2, 0.25) is 0 Å². The van der Waals surface area contributed by atoms with Gasteiger partial charge in [0.1, 0.15) is 0 Å². The Hall–Kier alpha value is -0.850. The molecule has 1 aliphatic rings. The minimum absolute atomic E-state index is 0.0251. The molecule has 1 N–H and O–H groups in total. The Kier molecular flexibility index (Phi) is 3.17. The molecule has 0 atom stereocenters. The van der Waals surface area contributed by atoms with Crippen LogP contribution in [0.2, 0.25) is 0 Å². The molecule has 17 heavy (non-hydrogen) atoms. The number of nitrogens with one attached hydrogen (secondary N) is 1. The summed E-state index contributed by atoms with van der Waals surface area (Å²) in [4.78, 5) is 17.0. The summed E-state index contributed by atoms with van der Waals surface area (Å²) in [6.07, 6.45) is 1.77. The van der Waals surface area contributed by atoms with Crippen molar-refractivity contribution in [2.24, 2.45) is 5.92 Å². The zero-order valence-corrected chi connectivity index (χ0v) is 10.9. The van der Waals surface area contributed by atoms with E-state index in [-0.39, 0.29) is 5.56 Å². The van der Waals surface area contributed by atoms with Crippen molar-refractivity contribution in [2.75, 3.05) is 18.8 Å². The van der Waals surface area contributed by atoms with E-state index in [1.165, 1.54) is 11.3 Å². The van der Waals surface area contributed by atoms with Crippen LogP contribution in [-0.2, 0) is 5.75 Å². The standard InChI is InChI=1S/C11H13N3OS2/c15-10-3-9(7-16-6-8-4-12-5-8)13-11-14(10)1-2-17-11/h1-3,8,12H,4-7H2. The van der Waals surface area contributed by atoms with E-state index >= 15 is 0 Å². The third-order valence-corrected chi connectivity index (χ3v) is 4.79. The Morgan fingerprint density at radius 1 is 1.59 bits per heavy atom. The van der Waals surface area contributed by atoms with Crippen molar-refractivity contribution < 1.29 is 0 Å². The van der Waals surface area contributed by atoms with Crippen LogP contribution in [0.25, 0.3) is 4.96 Å². The maximum Gasteiger partial charge on any atom is 0.258 e. The molecule has 0 aromatic carbocycles. The second-order valence-electron chi connectivity index (χ2n) is 4.18. The zero-order chi connectivity index (χ0) is 11.7. The van der Waals surface area contributed by atoms with Gasteiger partial charge in [0.25, 0.3) is 5.56 Å². The molecular weight excluding hydrogens is 254 g/mol. The average Bonchev–Trinajstić information content (AvgIpc) is 2.70. The van der Waals surface area contributed by atoms with Gasteiger partial charge >= 0.3 is 0 Å². The van der Waals surface area contributed by atoms with Crippen LogP contribution in [0.1, 0.15) is 5.69 Å². The van der Waals surface area contributed by atoms with Gasteiger partial charge in [0.15, 0.2) is 4.96 Å². The number of nitrogens with zero attached hydrogens (tertiary/aromatic N) is 2. The third kappa shape index (κ3) is 2.38. The first-order valence-corrected chi connectivity index (χ1v) is 7.60. The molecule has 2 aromatic heterocycles. The molecular formula is C11H13N3OS2.